The highest BCUT2D eigenvalue weighted by molar-refractivity contribution is 5.59. The van der Waals surface area contributed by atoms with Gasteiger partial charge in [-0.15, -0.1) is 0 Å². The van der Waals surface area contributed by atoms with Crippen molar-refractivity contribution < 1.29 is 4.74 Å². The van der Waals surface area contributed by atoms with Gasteiger partial charge in [0, 0.05) is 31.4 Å². The summed E-state index contributed by atoms with van der Waals surface area (Å²) in [6.45, 7) is 3.95. The van der Waals surface area contributed by atoms with E-state index in [0.29, 0.717) is 6.54 Å². The summed E-state index contributed by atoms with van der Waals surface area (Å²) in [6.07, 6.45) is 5.38. The molecule has 6 heteroatoms. The highest BCUT2D eigenvalue weighted by Crippen LogP contribution is 2.18. The van der Waals surface area contributed by atoms with Gasteiger partial charge in [-0.1, -0.05) is 30.3 Å². The molecular formula is C20H21N5O. The fraction of sp³-hybridized carbons (Fsp3) is 0.250. The highest BCUT2D eigenvalue weighted by Gasteiger charge is 2.12. The van der Waals surface area contributed by atoms with E-state index in [1.807, 2.05) is 42.6 Å². The molecule has 4 rings (SSSR count). The van der Waals surface area contributed by atoms with E-state index in [0.717, 1.165) is 54.8 Å². The smallest absolute Gasteiger partial charge is 0.145 e. The number of anilines is 2. The number of rotatable bonds is 5. The van der Waals surface area contributed by atoms with Crippen molar-refractivity contribution in [2.75, 3.05) is 36.5 Å². The predicted molar refractivity (Wildman–Crippen MR) is 102 cm³/mol. The summed E-state index contributed by atoms with van der Waals surface area (Å²) < 4.78 is 5.41. The lowest BCUT2D eigenvalue weighted by Crippen LogP contribution is -2.36. The minimum Gasteiger partial charge on any atom is -0.378 e. The average molecular weight is 347 g/mol. The Balaban J connectivity index is 1.44. The SMILES string of the molecule is c1ccc(-c2cncc(NCc3ccnc(N4CCOCC4)c3)n2)cc1. The van der Waals surface area contributed by atoms with Crippen molar-refractivity contribution in [1.82, 2.24) is 15.0 Å². The number of hydrogen-bond acceptors (Lipinski definition) is 6. The van der Waals surface area contributed by atoms with E-state index in [1.54, 1.807) is 12.4 Å². The molecule has 0 saturated carbocycles. The number of morpholine rings is 1. The van der Waals surface area contributed by atoms with Gasteiger partial charge >= 0.3 is 0 Å². The number of aromatic nitrogens is 3. The summed E-state index contributed by atoms with van der Waals surface area (Å²) in [7, 11) is 0. The summed E-state index contributed by atoms with van der Waals surface area (Å²) in [4.78, 5) is 15.7. The van der Waals surface area contributed by atoms with Crippen LogP contribution in [0.2, 0.25) is 0 Å². The Bertz CT molecular complexity index is 850. The lowest BCUT2D eigenvalue weighted by atomic mass is 10.2. The van der Waals surface area contributed by atoms with Crippen LogP contribution in [0.3, 0.4) is 0 Å². The maximum absolute atomic E-state index is 5.41. The Hall–Kier alpha value is -2.99. The van der Waals surface area contributed by atoms with Crippen LogP contribution in [-0.2, 0) is 11.3 Å². The van der Waals surface area contributed by atoms with Crippen LogP contribution in [0.4, 0.5) is 11.6 Å². The zero-order chi connectivity index (χ0) is 17.6. The second-order valence-corrected chi connectivity index (χ2v) is 6.13. The van der Waals surface area contributed by atoms with Crippen LogP contribution in [0.1, 0.15) is 5.56 Å². The number of benzene rings is 1. The maximum Gasteiger partial charge on any atom is 0.145 e. The fourth-order valence-electron chi connectivity index (χ4n) is 2.93. The molecule has 2 aromatic heterocycles. The Morgan fingerprint density at radius 3 is 2.73 bits per heavy atom. The molecule has 0 aliphatic carbocycles. The van der Waals surface area contributed by atoms with Crippen LogP contribution in [0.5, 0.6) is 0 Å². The van der Waals surface area contributed by atoms with E-state index in [9.17, 15) is 0 Å². The first kappa shape index (κ1) is 16.5. The molecule has 3 heterocycles. The number of ether oxygens (including phenoxy) is 1. The van der Waals surface area contributed by atoms with Gasteiger partial charge in [-0.2, -0.15) is 0 Å². The Labute approximate surface area is 152 Å². The monoisotopic (exact) mass is 347 g/mol. The van der Waals surface area contributed by atoms with Crippen molar-refractivity contribution in [3.05, 3.63) is 66.6 Å². The van der Waals surface area contributed by atoms with Crippen LogP contribution in [-0.4, -0.2) is 41.3 Å². The molecule has 0 radical (unpaired) electrons. The molecule has 0 atom stereocenters. The molecule has 0 spiro atoms. The topological polar surface area (TPSA) is 63.2 Å². The molecule has 0 bridgehead atoms. The molecule has 26 heavy (non-hydrogen) atoms. The summed E-state index contributed by atoms with van der Waals surface area (Å²) in [5.74, 6) is 1.76. The minimum atomic E-state index is 0.673. The lowest BCUT2D eigenvalue weighted by Gasteiger charge is -2.28. The lowest BCUT2D eigenvalue weighted by molar-refractivity contribution is 0.122. The van der Waals surface area contributed by atoms with Crippen molar-refractivity contribution in [2.24, 2.45) is 0 Å². The van der Waals surface area contributed by atoms with Crippen molar-refractivity contribution in [3.8, 4) is 11.3 Å². The second-order valence-electron chi connectivity index (χ2n) is 6.13. The Morgan fingerprint density at radius 1 is 1.04 bits per heavy atom. The molecule has 0 amide bonds. The Morgan fingerprint density at radius 2 is 1.88 bits per heavy atom. The van der Waals surface area contributed by atoms with Gasteiger partial charge in [-0.25, -0.2) is 9.97 Å². The van der Waals surface area contributed by atoms with Crippen molar-refractivity contribution in [3.63, 3.8) is 0 Å². The molecule has 3 aromatic rings. The molecule has 0 unspecified atom stereocenters. The number of hydrogen-bond donors (Lipinski definition) is 1. The molecule has 1 saturated heterocycles. The Kier molecular flexibility index (Phi) is 5.02. The second kappa shape index (κ2) is 7.93. The van der Waals surface area contributed by atoms with E-state index < -0.39 is 0 Å². The predicted octanol–water partition coefficient (Wildman–Crippen LogP) is 2.99. The molecule has 1 aliphatic rings. The van der Waals surface area contributed by atoms with Gasteiger partial charge < -0.3 is 15.0 Å². The van der Waals surface area contributed by atoms with Crippen LogP contribution in [0.15, 0.2) is 61.1 Å². The third-order valence-corrected chi connectivity index (χ3v) is 4.32. The number of pyridine rings is 1. The summed E-state index contributed by atoms with van der Waals surface area (Å²) >= 11 is 0. The van der Waals surface area contributed by atoms with Gasteiger partial charge in [0.1, 0.15) is 11.6 Å². The van der Waals surface area contributed by atoms with Crippen LogP contribution < -0.4 is 10.2 Å². The van der Waals surface area contributed by atoms with Crippen LogP contribution in [0.25, 0.3) is 11.3 Å². The van der Waals surface area contributed by atoms with Gasteiger partial charge in [0.15, 0.2) is 0 Å². The normalized spacial score (nSPS) is 14.2. The van der Waals surface area contributed by atoms with Gasteiger partial charge in [-0.05, 0) is 17.7 Å². The zero-order valence-corrected chi connectivity index (χ0v) is 14.5. The van der Waals surface area contributed by atoms with Gasteiger partial charge in [0.25, 0.3) is 0 Å². The quantitative estimate of drug-likeness (QED) is 0.765. The molecule has 1 fully saturated rings. The van der Waals surface area contributed by atoms with Crippen molar-refractivity contribution >= 4 is 11.6 Å². The summed E-state index contributed by atoms with van der Waals surface area (Å²) in [5, 5.41) is 3.36. The number of nitrogens with zero attached hydrogens (tertiary/aromatic N) is 4. The van der Waals surface area contributed by atoms with Gasteiger partial charge in [-0.3, -0.25) is 4.98 Å². The average Bonchev–Trinajstić information content (AvgIpc) is 2.74. The van der Waals surface area contributed by atoms with E-state index in [1.165, 1.54) is 0 Å². The largest absolute Gasteiger partial charge is 0.378 e. The van der Waals surface area contributed by atoms with Crippen molar-refractivity contribution in [1.29, 1.82) is 0 Å². The third-order valence-electron chi connectivity index (χ3n) is 4.32. The van der Waals surface area contributed by atoms with E-state index >= 15 is 0 Å². The molecular weight excluding hydrogens is 326 g/mol. The molecule has 6 nitrogen and oxygen atoms in total. The minimum absolute atomic E-state index is 0.673. The fourth-order valence-corrected chi connectivity index (χ4v) is 2.93. The summed E-state index contributed by atoms with van der Waals surface area (Å²) in [5.41, 5.74) is 3.08. The van der Waals surface area contributed by atoms with E-state index in [4.69, 9.17) is 4.74 Å². The van der Waals surface area contributed by atoms with Gasteiger partial charge in [0.2, 0.25) is 0 Å². The van der Waals surface area contributed by atoms with Crippen molar-refractivity contribution in [2.45, 2.75) is 6.54 Å². The number of nitrogens with one attached hydrogen (secondary N) is 1. The van der Waals surface area contributed by atoms with Crippen LogP contribution in [0, 0.1) is 0 Å². The third kappa shape index (κ3) is 3.97. The van der Waals surface area contributed by atoms with E-state index in [-0.39, 0.29) is 0 Å². The first-order valence-electron chi connectivity index (χ1n) is 8.77. The molecule has 1 aliphatic heterocycles. The first-order chi connectivity index (χ1) is 12.9. The molecule has 1 N–H and O–H groups in total. The maximum atomic E-state index is 5.41. The standard InChI is InChI=1S/C20H21N5O/c1-2-4-17(5-3-1)18-14-21-15-19(24-18)23-13-16-6-7-22-20(12-16)25-8-10-26-11-9-25/h1-7,12,14-15H,8-11,13H2,(H,23,24). The molecule has 1 aromatic carbocycles. The van der Waals surface area contributed by atoms with Gasteiger partial charge in [0.05, 0.1) is 31.3 Å². The van der Waals surface area contributed by atoms with Crippen LogP contribution >= 0.6 is 0 Å². The molecule has 132 valence electrons. The highest BCUT2D eigenvalue weighted by atomic mass is 16.5. The zero-order valence-electron chi connectivity index (χ0n) is 14.5. The first-order valence-corrected chi connectivity index (χ1v) is 8.77. The summed E-state index contributed by atoms with van der Waals surface area (Å²) in [6, 6.07) is 14.2. The van der Waals surface area contributed by atoms with E-state index in [2.05, 4.69) is 31.2 Å².